The number of hydrogen-bond donors (Lipinski definition) is 1. The van der Waals surface area contributed by atoms with Crippen LogP contribution in [0, 0.1) is 0 Å². The molecule has 0 aliphatic carbocycles. The zero-order valence-corrected chi connectivity index (χ0v) is 10.5. The van der Waals surface area contributed by atoms with E-state index in [4.69, 9.17) is 0 Å². The summed E-state index contributed by atoms with van der Waals surface area (Å²) in [5.41, 5.74) is 0.651. The molecule has 17 heavy (non-hydrogen) atoms. The maximum Gasteiger partial charge on any atom is 0.261 e. The van der Waals surface area contributed by atoms with Gasteiger partial charge in [0.05, 0.1) is 13.0 Å². The Balaban J connectivity index is 2.25. The molecule has 0 radical (unpaired) electrons. The number of amides is 1. The highest BCUT2D eigenvalue weighted by atomic mass is 79.9. The van der Waals surface area contributed by atoms with Crippen LogP contribution in [0.5, 0.6) is 0 Å². The van der Waals surface area contributed by atoms with Gasteiger partial charge in [0.15, 0.2) is 0 Å². The van der Waals surface area contributed by atoms with E-state index in [1.807, 2.05) is 6.07 Å². The summed E-state index contributed by atoms with van der Waals surface area (Å²) in [6, 6.07) is 7.11. The third-order valence-corrected chi connectivity index (χ3v) is 2.32. The molecule has 0 bridgehead atoms. The number of carbonyl (C=O) groups is 1. The first kappa shape index (κ1) is 14.1. The summed E-state index contributed by atoms with van der Waals surface area (Å²) >= 11 is 3.27. The number of ether oxygens (including phenoxy) is 1. The number of carbonyl (C=O) groups excluding carboxylic acids is 1. The van der Waals surface area contributed by atoms with Crippen LogP contribution in [0.4, 0.5) is 14.5 Å². The Labute approximate surface area is 106 Å². The highest BCUT2D eigenvalue weighted by molar-refractivity contribution is 9.10. The van der Waals surface area contributed by atoms with Gasteiger partial charge < -0.3 is 10.1 Å². The second kappa shape index (κ2) is 7.34. The first-order valence-corrected chi connectivity index (χ1v) is 5.78. The first-order valence-electron chi connectivity index (χ1n) is 4.99. The van der Waals surface area contributed by atoms with Gasteiger partial charge in [-0.15, -0.1) is 0 Å². The smallest absolute Gasteiger partial charge is 0.261 e. The van der Waals surface area contributed by atoms with E-state index in [1.165, 1.54) is 0 Å². The number of nitrogens with one attached hydrogen (secondary N) is 1. The molecule has 1 N–H and O–H groups in total. The van der Waals surface area contributed by atoms with Crippen molar-refractivity contribution in [3.05, 3.63) is 28.7 Å². The van der Waals surface area contributed by atoms with Crippen molar-refractivity contribution in [3.63, 3.8) is 0 Å². The van der Waals surface area contributed by atoms with Crippen molar-refractivity contribution in [3.8, 4) is 0 Å². The van der Waals surface area contributed by atoms with Crippen LogP contribution in [0.2, 0.25) is 0 Å². The first-order chi connectivity index (χ1) is 8.08. The van der Waals surface area contributed by atoms with Gasteiger partial charge in [-0.05, 0) is 18.2 Å². The molecular weight excluding hydrogens is 296 g/mol. The van der Waals surface area contributed by atoms with E-state index in [-0.39, 0.29) is 18.9 Å². The molecule has 1 amide bonds. The Bertz CT molecular complexity index is 374. The number of rotatable bonds is 6. The van der Waals surface area contributed by atoms with Gasteiger partial charge in [-0.3, -0.25) is 4.79 Å². The molecule has 0 saturated carbocycles. The average Bonchev–Trinajstić information content (AvgIpc) is 2.24. The number of anilines is 1. The lowest BCUT2D eigenvalue weighted by Crippen LogP contribution is -2.15. The number of alkyl halides is 2. The standard InChI is InChI=1S/C11H12BrF2NO2/c12-8-2-1-3-9(6-8)15-11(16)4-5-17-7-10(13)14/h1-3,6,10H,4-5,7H2,(H,15,16). The third-order valence-electron chi connectivity index (χ3n) is 1.83. The van der Waals surface area contributed by atoms with Crippen molar-refractivity contribution in [2.75, 3.05) is 18.5 Å². The normalized spacial score (nSPS) is 10.6. The van der Waals surface area contributed by atoms with Gasteiger partial charge >= 0.3 is 0 Å². The molecule has 0 aliphatic rings. The summed E-state index contributed by atoms with van der Waals surface area (Å²) in [6.45, 7) is -0.645. The Morgan fingerprint density at radius 2 is 2.24 bits per heavy atom. The molecule has 0 fully saturated rings. The Morgan fingerprint density at radius 1 is 1.47 bits per heavy atom. The molecule has 94 valence electrons. The van der Waals surface area contributed by atoms with E-state index in [2.05, 4.69) is 26.0 Å². The van der Waals surface area contributed by atoms with Crippen molar-refractivity contribution in [2.45, 2.75) is 12.8 Å². The maximum atomic E-state index is 11.7. The van der Waals surface area contributed by atoms with E-state index in [0.29, 0.717) is 5.69 Å². The van der Waals surface area contributed by atoms with Crippen molar-refractivity contribution < 1.29 is 18.3 Å². The van der Waals surface area contributed by atoms with E-state index >= 15 is 0 Å². The van der Waals surface area contributed by atoms with Gasteiger partial charge in [0, 0.05) is 10.2 Å². The van der Waals surface area contributed by atoms with Gasteiger partial charge in [-0.1, -0.05) is 22.0 Å². The molecule has 0 aromatic heterocycles. The highest BCUT2D eigenvalue weighted by Gasteiger charge is 2.05. The molecule has 6 heteroatoms. The van der Waals surface area contributed by atoms with Crippen LogP contribution in [0.3, 0.4) is 0 Å². The number of benzene rings is 1. The Hall–Kier alpha value is -1.01. The fourth-order valence-electron chi connectivity index (χ4n) is 1.13. The van der Waals surface area contributed by atoms with Gasteiger partial charge in [0.25, 0.3) is 6.43 Å². The van der Waals surface area contributed by atoms with Crippen molar-refractivity contribution >= 4 is 27.5 Å². The molecule has 0 heterocycles. The van der Waals surface area contributed by atoms with Gasteiger partial charge in [0.2, 0.25) is 5.91 Å². The largest absolute Gasteiger partial charge is 0.375 e. The molecule has 0 saturated heterocycles. The summed E-state index contributed by atoms with van der Waals surface area (Å²) in [6.07, 6.45) is -2.44. The molecule has 1 aromatic rings. The lowest BCUT2D eigenvalue weighted by Gasteiger charge is -2.06. The third kappa shape index (κ3) is 6.33. The van der Waals surface area contributed by atoms with Crippen LogP contribution in [-0.2, 0) is 9.53 Å². The Kier molecular flexibility index (Phi) is 6.07. The van der Waals surface area contributed by atoms with E-state index < -0.39 is 13.0 Å². The van der Waals surface area contributed by atoms with E-state index in [0.717, 1.165) is 4.47 Å². The van der Waals surface area contributed by atoms with Crippen LogP contribution < -0.4 is 5.32 Å². The second-order valence-corrected chi connectivity index (χ2v) is 4.19. The van der Waals surface area contributed by atoms with Crippen molar-refractivity contribution in [2.24, 2.45) is 0 Å². The summed E-state index contributed by atoms with van der Waals surface area (Å²) in [4.78, 5) is 11.4. The van der Waals surface area contributed by atoms with Gasteiger partial charge in [0.1, 0.15) is 6.61 Å². The molecule has 3 nitrogen and oxygen atoms in total. The fourth-order valence-corrected chi connectivity index (χ4v) is 1.53. The molecule has 1 aromatic carbocycles. The van der Waals surface area contributed by atoms with Crippen LogP contribution in [0.1, 0.15) is 6.42 Å². The number of halogens is 3. The lowest BCUT2D eigenvalue weighted by molar-refractivity contribution is -0.117. The summed E-state index contributed by atoms with van der Waals surface area (Å²) in [7, 11) is 0. The molecule has 0 spiro atoms. The van der Waals surface area contributed by atoms with Crippen molar-refractivity contribution in [1.29, 1.82) is 0 Å². The maximum absolute atomic E-state index is 11.7. The predicted octanol–water partition coefficient (Wildman–Crippen LogP) is 3.06. The lowest BCUT2D eigenvalue weighted by atomic mass is 10.3. The topological polar surface area (TPSA) is 38.3 Å². The minimum atomic E-state index is -2.50. The number of hydrogen-bond acceptors (Lipinski definition) is 2. The molecule has 0 atom stereocenters. The molecule has 1 rings (SSSR count). The summed E-state index contributed by atoms with van der Waals surface area (Å²) in [5.74, 6) is -0.266. The van der Waals surface area contributed by atoms with Crippen LogP contribution in [-0.4, -0.2) is 25.5 Å². The zero-order valence-electron chi connectivity index (χ0n) is 8.96. The van der Waals surface area contributed by atoms with E-state index in [1.54, 1.807) is 18.2 Å². The van der Waals surface area contributed by atoms with Crippen LogP contribution in [0.15, 0.2) is 28.7 Å². The van der Waals surface area contributed by atoms with Crippen molar-refractivity contribution in [1.82, 2.24) is 0 Å². The quantitative estimate of drug-likeness (QED) is 0.820. The fraction of sp³-hybridized carbons (Fsp3) is 0.364. The highest BCUT2D eigenvalue weighted by Crippen LogP contribution is 2.15. The second-order valence-electron chi connectivity index (χ2n) is 3.27. The monoisotopic (exact) mass is 307 g/mol. The van der Waals surface area contributed by atoms with Gasteiger partial charge in [-0.25, -0.2) is 8.78 Å². The van der Waals surface area contributed by atoms with E-state index in [9.17, 15) is 13.6 Å². The summed E-state index contributed by atoms with van der Waals surface area (Å²) < 4.78 is 28.9. The molecule has 0 aliphatic heterocycles. The minimum absolute atomic E-state index is 0.00975. The Morgan fingerprint density at radius 3 is 2.88 bits per heavy atom. The molecular formula is C11H12BrF2NO2. The molecule has 0 unspecified atom stereocenters. The summed E-state index contributed by atoms with van der Waals surface area (Å²) in [5, 5.41) is 2.63. The SMILES string of the molecule is O=C(CCOCC(F)F)Nc1cccc(Br)c1. The zero-order chi connectivity index (χ0) is 12.7. The minimum Gasteiger partial charge on any atom is -0.375 e. The van der Waals surface area contributed by atoms with Gasteiger partial charge in [-0.2, -0.15) is 0 Å². The average molecular weight is 308 g/mol. The predicted molar refractivity (Wildman–Crippen MR) is 64.2 cm³/mol. The van der Waals surface area contributed by atoms with Crippen LogP contribution >= 0.6 is 15.9 Å². The van der Waals surface area contributed by atoms with Crippen LogP contribution in [0.25, 0.3) is 0 Å².